The molecule has 0 atom stereocenters. The fraction of sp³-hybridized carbons (Fsp3) is 0.500. The molecule has 0 bridgehead atoms. The molecule has 1 aromatic carbocycles. The van der Waals surface area contributed by atoms with Gasteiger partial charge >= 0.3 is 0 Å². The van der Waals surface area contributed by atoms with Gasteiger partial charge in [-0.2, -0.15) is 0 Å². The van der Waals surface area contributed by atoms with Gasteiger partial charge in [0.25, 0.3) is 5.91 Å². The summed E-state index contributed by atoms with van der Waals surface area (Å²) >= 11 is 0. The molecule has 20 heavy (non-hydrogen) atoms. The van der Waals surface area contributed by atoms with Crippen LogP contribution in [-0.2, 0) is 4.74 Å². The zero-order chi connectivity index (χ0) is 14.4. The maximum Gasteiger partial charge on any atom is 0.254 e. The highest BCUT2D eigenvalue weighted by molar-refractivity contribution is 5.95. The van der Waals surface area contributed by atoms with Crippen LogP contribution in [0.2, 0.25) is 0 Å². The lowest BCUT2D eigenvalue weighted by atomic mass is 10.1. The van der Waals surface area contributed by atoms with Gasteiger partial charge in [0.05, 0.1) is 6.61 Å². The second-order valence-corrected chi connectivity index (χ2v) is 4.50. The van der Waals surface area contributed by atoms with Crippen LogP contribution in [0.3, 0.4) is 0 Å². The van der Waals surface area contributed by atoms with Gasteiger partial charge in [-0.25, -0.2) is 0 Å². The van der Waals surface area contributed by atoms with Crippen molar-refractivity contribution < 1.29 is 19.0 Å². The van der Waals surface area contributed by atoms with Crippen LogP contribution < -0.4 is 15.2 Å². The Hall–Kier alpha value is -1.79. The van der Waals surface area contributed by atoms with Crippen molar-refractivity contribution in [1.29, 1.82) is 0 Å². The summed E-state index contributed by atoms with van der Waals surface area (Å²) in [5.74, 6) is 1.24. The largest absolute Gasteiger partial charge is 0.454 e. The molecule has 6 heteroatoms. The predicted molar refractivity (Wildman–Crippen MR) is 74.0 cm³/mol. The zero-order valence-electron chi connectivity index (χ0n) is 11.6. The van der Waals surface area contributed by atoms with Gasteiger partial charge in [-0.3, -0.25) is 4.79 Å². The van der Waals surface area contributed by atoms with E-state index < -0.39 is 0 Å². The number of carbonyl (C=O) groups is 1. The molecule has 0 aliphatic carbocycles. The average molecular weight is 280 g/mol. The number of ether oxygens (including phenoxy) is 3. The van der Waals surface area contributed by atoms with Crippen molar-refractivity contribution in [3.8, 4) is 11.5 Å². The Morgan fingerprint density at radius 3 is 2.90 bits per heavy atom. The third-order valence-electron chi connectivity index (χ3n) is 3.10. The van der Waals surface area contributed by atoms with Gasteiger partial charge < -0.3 is 24.8 Å². The van der Waals surface area contributed by atoms with E-state index in [9.17, 15) is 4.79 Å². The van der Waals surface area contributed by atoms with E-state index in [0.29, 0.717) is 43.3 Å². The fourth-order valence-corrected chi connectivity index (χ4v) is 2.01. The molecule has 0 radical (unpaired) electrons. The molecule has 2 rings (SSSR count). The summed E-state index contributed by atoms with van der Waals surface area (Å²) in [5, 5.41) is 0. The molecule has 110 valence electrons. The summed E-state index contributed by atoms with van der Waals surface area (Å²) in [6, 6.07) is 5.22. The first-order valence-electron chi connectivity index (χ1n) is 6.64. The third-order valence-corrected chi connectivity index (χ3v) is 3.10. The fourth-order valence-electron chi connectivity index (χ4n) is 2.01. The molecule has 1 aromatic rings. The Kier molecular flexibility index (Phi) is 5.20. The summed E-state index contributed by atoms with van der Waals surface area (Å²) in [5.41, 5.74) is 6.10. The van der Waals surface area contributed by atoms with Crippen molar-refractivity contribution in [2.75, 3.05) is 40.1 Å². The topological polar surface area (TPSA) is 74.0 Å². The van der Waals surface area contributed by atoms with Crippen LogP contribution in [0, 0.1) is 0 Å². The maximum absolute atomic E-state index is 12.5. The number of benzene rings is 1. The quantitative estimate of drug-likeness (QED) is 0.801. The summed E-state index contributed by atoms with van der Waals surface area (Å²) in [6.45, 7) is 2.42. The van der Waals surface area contributed by atoms with Crippen molar-refractivity contribution in [2.24, 2.45) is 5.73 Å². The summed E-state index contributed by atoms with van der Waals surface area (Å²) in [7, 11) is 1.62. The van der Waals surface area contributed by atoms with E-state index in [1.54, 1.807) is 30.2 Å². The third kappa shape index (κ3) is 3.40. The highest BCUT2D eigenvalue weighted by Crippen LogP contribution is 2.32. The molecule has 1 heterocycles. The van der Waals surface area contributed by atoms with Gasteiger partial charge in [0, 0.05) is 25.8 Å². The lowest BCUT2D eigenvalue weighted by Gasteiger charge is -2.22. The number of methoxy groups -OCH3 is 1. The van der Waals surface area contributed by atoms with Crippen LogP contribution in [0.25, 0.3) is 0 Å². The molecule has 0 saturated heterocycles. The molecule has 0 unspecified atom stereocenters. The van der Waals surface area contributed by atoms with Crippen LogP contribution in [0.1, 0.15) is 16.8 Å². The van der Waals surface area contributed by atoms with Crippen LogP contribution >= 0.6 is 0 Å². The van der Waals surface area contributed by atoms with Gasteiger partial charge in [-0.1, -0.05) is 0 Å². The van der Waals surface area contributed by atoms with Gasteiger partial charge in [-0.05, 0) is 31.2 Å². The van der Waals surface area contributed by atoms with E-state index in [1.807, 2.05) is 0 Å². The van der Waals surface area contributed by atoms with Crippen LogP contribution in [-0.4, -0.2) is 51.0 Å². The molecule has 2 N–H and O–H groups in total. The Bertz CT molecular complexity index is 456. The summed E-state index contributed by atoms with van der Waals surface area (Å²) < 4.78 is 15.6. The molecule has 0 saturated carbocycles. The van der Waals surface area contributed by atoms with E-state index in [4.69, 9.17) is 19.9 Å². The zero-order valence-corrected chi connectivity index (χ0v) is 11.6. The highest BCUT2D eigenvalue weighted by Gasteiger charge is 2.19. The van der Waals surface area contributed by atoms with Crippen LogP contribution in [0.15, 0.2) is 18.2 Å². The van der Waals surface area contributed by atoms with E-state index in [0.717, 1.165) is 6.42 Å². The van der Waals surface area contributed by atoms with Crippen molar-refractivity contribution in [3.05, 3.63) is 23.8 Å². The number of nitrogens with zero attached hydrogens (tertiary/aromatic N) is 1. The molecule has 6 nitrogen and oxygen atoms in total. The molecule has 0 fully saturated rings. The van der Waals surface area contributed by atoms with Crippen molar-refractivity contribution in [3.63, 3.8) is 0 Å². The first-order valence-corrected chi connectivity index (χ1v) is 6.64. The lowest BCUT2D eigenvalue weighted by Crippen LogP contribution is -2.35. The number of amides is 1. The van der Waals surface area contributed by atoms with Gasteiger partial charge in [0.1, 0.15) is 0 Å². The molecular formula is C14H20N2O4. The van der Waals surface area contributed by atoms with Crippen molar-refractivity contribution in [1.82, 2.24) is 4.90 Å². The number of fused-ring (bicyclic) bond motifs is 1. The Labute approximate surface area is 118 Å². The molecular weight excluding hydrogens is 260 g/mol. The smallest absolute Gasteiger partial charge is 0.254 e. The summed E-state index contributed by atoms with van der Waals surface area (Å²) in [4.78, 5) is 14.2. The minimum atomic E-state index is -0.0474. The standard InChI is InChI=1S/C14H20N2O4/c1-18-8-7-16(6-2-5-15)14(17)11-3-4-12-13(9-11)20-10-19-12/h3-4,9H,2,5-8,10,15H2,1H3. The van der Waals surface area contributed by atoms with Gasteiger partial charge in [-0.15, -0.1) is 0 Å². The van der Waals surface area contributed by atoms with Gasteiger partial charge in [0.15, 0.2) is 11.5 Å². The summed E-state index contributed by atoms with van der Waals surface area (Å²) in [6.07, 6.45) is 0.764. The number of rotatable bonds is 7. The Balaban J connectivity index is 2.09. The van der Waals surface area contributed by atoms with E-state index >= 15 is 0 Å². The normalized spacial score (nSPS) is 12.5. The molecule has 0 aromatic heterocycles. The monoisotopic (exact) mass is 280 g/mol. The number of carbonyl (C=O) groups excluding carboxylic acids is 1. The Morgan fingerprint density at radius 1 is 1.35 bits per heavy atom. The molecule has 1 aliphatic heterocycles. The van der Waals surface area contributed by atoms with E-state index in [-0.39, 0.29) is 12.7 Å². The highest BCUT2D eigenvalue weighted by atomic mass is 16.7. The number of nitrogens with two attached hydrogens (primary N) is 1. The van der Waals surface area contributed by atoms with E-state index in [2.05, 4.69) is 0 Å². The van der Waals surface area contributed by atoms with Crippen molar-refractivity contribution >= 4 is 5.91 Å². The molecule has 1 aliphatic rings. The SMILES string of the molecule is COCCN(CCCN)C(=O)c1ccc2c(c1)OCO2. The van der Waals surface area contributed by atoms with Gasteiger partial charge in [0.2, 0.25) is 6.79 Å². The second kappa shape index (κ2) is 7.12. The first kappa shape index (κ1) is 14.6. The maximum atomic E-state index is 12.5. The van der Waals surface area contributed by atoms with E-state index in [1.165, 1.54) is 0 Å². The second-order valence-electron chi connectivity index (χ2n) is 4.50. The molecule has 0 spiro atoms. The van der Waals surface area contributed by atoms with Crippen molar-refractivity contribution in [2.45, 2.75) is 6.42 Å². The molecule has 1 amide bonds. The first-order chi connectivity index (χ1) is 9.76. The minimum Gasteiger partial charge on any atom is -0.454 e. The number of hydrogen-bond acceptors (Lipinski definition) is 5. The average Bonchev–Trinajstić information content (AvgIpc) is 2.94. The predicted octanol–water partition coefficient (Wildman–Crippen LogP) is 0.853. The van der Waals surface area contributed by atoms with Crippen LogP contribution in [0.4, 0.5) is 0 Å². The lowest BCUT2D eigenvalue weighted by molar-refractivity contribution is 0.0694. The van der Waals surface area contributed by atoms with Crippen LogP contribution in [0.5, 0.6) is 11.5 Å². The number of hydrogen-bond donors (Lipinski definition) is 1. The Morgan fingerprint density at radius 2 is 2.15 bits per heavy atom. The minimum absolute atomic E-state index is 0.0474.